The molecule has 1 aromatic heterocycles. The van der Waals surface area contributed by atoms with E-state index in [1.807, 2.05) is 18.2 Å². The molecule has 0 aliphatic carbocycles. The van der Waals surface area contributed by atoms with Crippen molar-refractivity contribution >= 4 is 23.4 Å². The summed E-state index contributed by atoms with van der Waals surface area (Å²) < 4.78 is 23.5. The van der Waals surface area contributed by atoms with Crippen molar-refractivity contribution in [2.45, 2.75) is 5.22 Å². The Kier molecular flexibility index (Phi) is 5.30. The first-order chi connectivity index (χ1) is 12.1. The van der Waals surface area contributed by atoms with Crippen molar-refractivity contribution in [1.82, 2.24) is 10.2 Å². The number of carbonyl (C=O) groups is 1. The number of methoxy groups -OCH3 is 1. The highest BCUT2D eigenvalue weighted by Crippen LogP contribution is 2.25. The van der Waals surface area contributed by atoms with E-state index in [9.17, 15) is 9.18 Å². The van der Waals surface area contributed by atoms with E-state index in [1.54, 1.807) is 13.2 Å². The second-order valence-corrected chi connectivity index (χ2v) is 5.88. The smallest absolute Gasteiger partial charge is 0.277 e. The summed E-state index contributed by atoms with van der Waals surface area (Å²) in [6.07, 6.45) is 0. The third-order valence-corrected chi connectivity index (χ3v) is 4.00. The molecule has 8 heteroatoms. The predicted octanol–water partition coefficient (Wildman–Crippen LogP) is 3.62. The summed E-state index contributed by atoms with van der Waals surface area (Å²) in [5.41, 5.74) is 1.25. The largest absolute Gasteiger partial charge is 0.497 e. The van der Waals surface area contributed by atoms with E-state index >= 15 is 0 Å². The summed E-state index contributed by atoms with van der Waals surface area (Å²) >= 11 is 1.12. The molecule has 0 aliphatic heterocycles. The molecule has 0 fully saturated rings. The van der Waals surface area contributed by atoms with E-state index < -0.39 is 0 Å². The van der Waals surface area contributed by atoms with Gasteiger partial charge in [0.05, 0.1) is 12.9 Å². The van der Waals surface area contributed by atoms with Crippen molar-refractivity contribution in [3.8, 4) is 17.2 Å². The Bertz CT molecular complexity index is 868. The van der Waals surface area contributed by atoms with Crippen LogP contribution in [-0.2, 0) is 4.79 Å². The standard InChI is InChI=1S/C17H14FN3O3S/c1-23-14-4-2-3-11(9-14)16-20-21-17(24-16)25-10-15(22)19-13-7-5-12(18)6-8-13/h2-9H,10H2,1H3,(H,19,22). The van der Waals surface area contributed by atoms with Gasteiger partial charge in [-0.1, -0.05) is 17.8 Å². The number of benzene rings is 2. The number of nitrogens with zero attached hydrogens (tertiary/aromatic N) is 2. The molecule has 6 nitrogen and oxygen atoms in total. The molecule has 1 amide bonds. The average Bonchev–Trinajstić information content (AvgIpc) is 3.11. The van der Waals surface area contributed by atoms with Gasteiger partial charge in [0, 0.05) is 11.3 Å². The van der Waals surface area contributed by atoms with Crippen LogP contribution in [-0.4, -0.2) is 29.0 Å². The number of nitrogens with one attached hydrogen (secondary N) is 1. The molecule has 128 valence electrons. The number of carbonyl (C=O) groups excluding carboxylic acids is 1. The minimum atomic E-state index is -0.358. The Balaban J connectivity index is 1.57. The number of hydrogen-bond acceptors (Lipinski definition) is 6. The topological polar surface area (TPSA) is 77.2 Å². The van der Waals surface area contributed by atoms with Crippen LogP contribution in [0.3, 0.4) is 0 Å². The van der Waals surface area contributed by atoms with E-state index in [-0.39, 0.29) is 22.7 Å². The molecule has 1 heterocycles. The van der Waals surface area contributed by atoms with Crippen LogP contribution in [0.25, 0.3) is 11.5 Å². The first kappa shape index (κ1) is 17.0. The van der Waals surface area contributed by atoms with E-state index in [2.05, 4.69) is 15.5 Å². The number of aromatic nitrogens is 2. The van der Waals surface area contributed by atoms with E-state index in [0.717, 1.165) is 17.3 Å². The number of ether oxygens (including phenoxy) is 1. The zero-order chi connectivity index (χ0) is 17.6. The normalized spacial score (nSPS) is 10.5. The third kappa shape index (κ3) is 4.57. The fourth-order valence-electron chi connectivity index (χ4n) is 2.00. The van der Waals surface area contributed by atoms with Gasteiger partial charge < -0.3 is 14.5 Å². The minimum absolute atomic E-state index is 0.0944. The summed E-state index contributed by atoms with van der Waals surface area (Å²) in [4.78, 5) is 11.9. The summed E-state index contributed by atoms with van der Waals surface area (Å²) in [6, 6.07) is 12.8. The van der Waals surface area contributed by atoms with Crippen LogP contribution in [0.1, 0.15) is 0 Å². The summed E-state index contributed by atoms with van der Waals surface area (Å²) in [5, 5.41) is 10.8. The molecular weight excluding hydrogens is 345 g/mol. The van der Waals surface area contributed by atoms with Gasteiger partial charge in [0.25, 0.3) is 5.22 Å². The fourth-order valence-corrected chi connectivity index (χ4v) is 2.56. The van der Waals surface area contributed by atoms with Crippen LogP contribution in [0.15, 0.2) is 58.2 Å². The highest BCUT2D eigenvalue weighted by atomic mass is 32.2. The molecule has 3 aromatic rings. The lowest BCUT2D eigenvalue weighted by Gasteiger charge is -2.03. The number of amides is 1. The maximum Gasteiger partial charge on any atom is 0.277 e. The number of rotatable bonds is 6. The van der Waals surface area contributed by atoms with Crippen molar-refractivity contribution in [3.05, 3.63) is 54.3 Å². The molecule has 1 N–H and O–H groups in total. The van der Waals surface area contributed by atoms with Gasteiger partial charge in [-0.05, 0) is 42.5 Å². The van der Waals surface area contributed by atoms with Crippen molar-refractivity contribution in [1.29, 1.82) is 0 Å². The van der Waals surface area contributed by atoms with Crippen LogP contribution in [0, 0.1) is 5.82 Å². The van der Waals surface area contributed by atoms with E-state index in [0.29, 0.717) is 17.3 Å². The lowest BCUT2D eigenvalue weighted by atomic mass is 10.2. The molecule has 0 unspecified atom stereocenters. The first-order valence-electron chi connectivity index (χ1n) is 7.30. The van der Waals surface area contributed by atoms with Crippen molar-refractivity contribution < 1.29 is 18.3 Å². The Morgan fingerprint density at radius 3 is 2.80 bits per heavy atom. The van der Waals surface area contributed by atoms with Crippen molar-refractivity contribution in [2.24, 2.45) is 0 Å². The van der Waals surface area contributed by atoms with E-state index in [1.165, 1.54) is 24.3 Å². The molecule has 0 saturated heterocycles. The lowest BCUT2D eigenvalue weighted by molar-refractivity contribution is -0.113. The number of anilines is 1. The van der Waals surface area contributed by atoms with Crippen molar-refractivity contribution in [3.63, 3.8) is 0 Å². The Hall–Kier alpha value is -2.87. The van der Waals surface area contributed by atoms with Crippen LogP contribution in [0.5, 0.6) is 5.75 Å². The molecule has 3 rings (SSSR count). The van der Waals surface area contributed by atoms with Crippen LogP contribution in [0.2, 0.25) is 0 Å². The zero-order valence-corrected chi connectivity index (χ0v) is 14.0. The summed E-state index contributed by atoms with van der Waals surface area (Å²) in [7, 11) is 1.58. The minimum Gasteiger partial charge on any atom is -0.497 e. The highest BCUT2D eigenvalue weighted by Gasteiger charge is 2.12. The molecule has 0 spiro atoms. The molecule has 0 radical (unpaired) electrons. The Morgan fingerprint density at radius 2 is 2.04 bits per heavy atom. The maximum absolute atomic E-state index is 12.8. The number of hydrogen-bond donors (Lipinski definition) is 1. The maximum atomic E-state index is 12.8. The highest BCUT2D eigenvalue weighted by molar-refractivity contribution is 7.99. The van der Waals surface area contributed by atoms with Gasteiger partial charge in [-0.15, -0.1) is 10.2 Å². The lowest BCUT2D eigenvalue weighted by Crippen LogP contribution is -2.13. The van der Waals surface area contributed by atoms with Gasteiger partial charge in [0.2, 0.25) is 11.8 Å². The molecule has 0 bridgehead atoms. The quantitative estimate of drug-likeness (QED) is 0.678. The van der Waals surface area contributed by atoms with Gasteiger partial charge >= 0.3 is 0 Å². The number of halogens is 1. The SMILES string of the molecule is COc1cccc(-c2nnc(SCC(=O)Nc3ccc(F)cc3)o2)c1. The van der Waals surface area contributed by atoms with Gasteiger partial charge in [-0.3, -0.25) is 4.79 Å². The Morgan fingerprint density at radius 1 is 1.24 bits per heavy atom. The first-order valence-corrected chi connectivity index (χ1v) is 8.29. The summed E-state index contributed by atoms with van der Waals surface area (Å²) in [5.74, 6) is 0.516. The third-order valence-electron chi connectivity index (χ3n) is 3.18. The Labute approximate surface area is 147 Å². The second kappa shape index (κ2) is 7.80. The molecule has 0 saturated carbocycles. The van der Waals surface area contributed by atoms with Crippen LogP contribution in [0.4, 0.5) is 10.1 Å². The average molecular weight is 359 g/mol. The van der Waals surface area contributed by atoms with Gasteiger partial charge in [0.15, 0.2) is 0 Å². The van der Waals surface area contributed by atoms with Crippen LogP contribution >= 0.6 is 11.8 Å². The van der Waals surface area contributed by atoms with Gasteiger partial charge in [-0.2, -0.15) is 0 Å². The summed E-state index contributed by atoms with van der Waals surface area (Å²) in [6.45, 7) is 0. The van der Waals surface area contributed by atoms with Crippen LogP contribution < -0.4 is 10.1 Å². The van der Waals surface area contributed by atoms with E-state index in [4.69, 9.17) is 9.15 Å². The zero-order valence-electron chi connectivity index (χ0n) is 13.2. The molecule has 25 heavy (non-hydrogen) atoms. The van der Waals surface area contributed by atoms with Crippen molar-refractivity contribution in [2.75, 3.05) is 18.2 Å². The van der Waals surface area contributed by atoms with Gasteiger partial charge in [-0.25, -0.2) is 4.39 Å². The molecule has 2 aromatic carbocycles. The second-order valence-electron chi connectivity index (χ2n) is 4.95. The van der Waals surface area contributed by atoms with Gasteiger partial charge in [0.1, 0.15) is 11.6 Å². The fraction of sp³-hybridized carbons (Fsp3) is 0.118. The predicted molar refractivity (Wildman–Crippen MR) is 92.0 cm³/mol. The number of thioether (sulfide) groups is 1. The molecule has 0 atom stereocenters. The molecule has 0 aliphatic rings. The monoisotopic (exact) mass is 359 g/mol. The molecular formula is C17H14FN3O3S.